The lowest BCUT2D eigenvalue weighted by molar-refractivity contribution is -0.135. The van der Waals surface area contributed by atoms with Crippen molar-refractivity contribution in [2.75, 3.05) is 11.4 Å². The third-order valence-electron chi connectivity index (χ3n) is 2.76. The summed E-state index contributed by atoms with van der Waals surface area (Å²) in [5.41, 5.74) is 1.58. The number of thiazole rings is 1. The van der Waals surface area contributed by atoms with Gasteiger partial charge in [-0.25, -0.2) is 9.78 Å². The average molecular weight is 305 g/mol. The minimum absolute atomic E-state index is 0.276. The van der Waals surface area contributed by atoms with Crippen LogP contribution in [0.3, 0.4) is 0 Å². The maximum absolute atomic E-state index is 12.2. The van der Waals surface area contributed by atoms with Gasteiger partial charge in [0.2, 0.25) is 0 Å². The number of amides is 2. The number of hydrogen-bond donors (Lipinski definition) is 2. The molecule has 1 aromatic heterocycles. The average Bonchev–Trinajstić information content (AvgIpc) is 2.96. The van der Waals surface area contributed by atoms with Gasteiger partial charge >= 0.3 is 12.0 Å². The molecule has 1 aromatic carbocycles. The molecule has 6 nitrogen and oxygen atoms in total. The van der Waals surface area contributed by atoms with E-state index in [1.807, 2.05) is 24.4 Å². The van der Waals surface area contributed by atoms with E-state index in [1.165, 1.54) is 16.2 Å². The highest BCUT2D eigenvalue weighted by Crippen LogP contribution is 2.15. The zero-order chi connectivity index (χ0) is 15.2. The van der Waals surface area contributed by atoms with Gasteiger partial charge in [0, 0.05) is 17.3 Å². The molecule has 0 bridgehead atoms. The fourth-order valence-corrected chi connectivity index (χ4v) is 2.28. The van der Waals surface area contributed by atoms with Gasteiger partial charge < -0.3 is 10.4 Å². The lowest BCUT2D eigenvalue weighted by Gasteiger charge is -2.21. The SMILES string of the molecule is Cc1ccc(N(CC(=O)O)C(=O)NCc2nccs2)cc1. The van der Waals surface area contributed by atoms with E-state index in [1.54, 1.807) is 18.3 Å². The smallest absolute Gasteiger partial charge is 0.323 e. The van der Waals surface area contributed by atoms with E-state index in [-0.39, 0.29) is 6.54 Å². The molecule has 2 amide bonds. The molecule has 0 aliphatic heterocycles. The highest BCUT2D eigenvalue weighted by molar-refractivity contribution is 7.09. The van der Waals surface area contributed by atoms with Gasteiger partial charge in [-0.05, 0) is 19.1 Å². The fourth-order valence-electron chi connectivity index (χ4n) is 1.73. The Morgan fingerprint density at radius 3 is 2.62 bits per heavy atom. The highest BCUT2D eigenvalue weighted by atomic mass is 32.1. The van der Waals surface area contributed by atoms with E-state index >= 15 is 0 Å². The number of aryl methyl sites for hydroxylation is 1. The van der Waals surface area contributed by atoms with Crippen molar-refractivity contribution in [3.63, 3.8) is 0 Å². The Bertz CT molecular complexity index is 611. The Kier molecular flexibility index (Phi) is 4.89. The number of aromatic nitrogens is 1. The molecule has 7 heteroatoms. The van der Waals surface area contributed by atoms with Crippen molar-refractivity contribution in [1.29, 1.82) is 0 Å². The van der Waals surface area contributed by atoms with Gasteiger partial charge in [0.15, 0.2) is 0 Å². The molecule has 0 atom stereocenters. The van der Waals surface area contributed by atoms with Crippen molar-refractivity contribution in [3.8, 4) is 0 Å². The normalized spacial score (nSPS) is 10.1. The molecule has 0 aliphatic rings. The first-order chi connectivity index (χ1) is 10.1. The van der Waals surface area contributed by atoms with Crippen molar-refractivity contribution in [2.45, 2.75) is 13.5 Å². The van der Waals surface area contributed by atoms with Crippen LogP contribution in [0, 0.1) is 6.92 Å². The van der Waals surface area contributed by atoms with Crippen LogP contribution in [0.2, 0.25) is 0 Å². The Balaban J connectivity index is 2.09. The maximum atomic E-state index is 12.2. The lowest BCUT2D eigenvalue weighted by Crippen LogP contribution is -2.42. The number of carboxylic acids is 1. The summed E-state index contributed by atoms with van der Waals surface area (Å²) < 4.78 is 0. The second kappa shape index (κ2) is 6.85. The molecule has 1 heterocycles. The summed E-state index contributed by atoms with van der Waals surface area (Å²) in [6.07, 6.45) is 1.65. The van der Waals surface area contributed by atoms with Crippen LogP contribution >= 0.6 is 11.3 Å². The van der Waals surface area contributed by atoms with Crippen LogP contribution in [0.4, 0.5) is 10.5 Å². The summed E-state index contributed by atoms with van der Waals surface area (Å²) >= 11 is 1.43. The standard InChI is InChI=1S/C14H15N3O3S/c1-10-2-4-11(5-3-10)17(9-13(18)19)14(20)16-8-12-15-6-7-21-12/h2-7H,8-9H2,1H3,(H,16,20)(H,18,19). The van der Waals surface area contributed by atoms with Gasteiger partial charge in [-0.15, -0.1) is 11.3 Å². The Morgan fingerprint density at radius 2 is 2.05 bits per heavy atom. The molecular weight excluding hydrogens is 290 g/mol. The number of benzene rings is 1. The van der Waals surface area contributed by atoms with E-state index in [4.69, 9.17) is 5.11 Å². The summed E-state index contributed by atoms with van der Waals surface area (Å²) in [4.78, 5) is 28.4. The van der Waals surface area contributed by atoms with Crippen LogP contribution in [0.5, 0.6) is 0 Å². The second-order valence-corrected chi connectivity index (χ2v) is 5.38. The summed E-state index contributed by atoms with van der Waals surface area (Å²) in [5.74, 6) is -1.07. The van der Waals surface area contributed by atoms with Crippen LogP contribution in [0.25, 0.3) is 0 Å². The monoisotopic (exact) mass is 305 g/mol. The van der Waals surface area contributed by atoms with Crippen LogP contribution in [-0.2, 0) is 11.3 Å². The molecule has 110 valence electrons. The first-order valence-corrected chi connectivity index (χ1v) is 7.16. The number of anilines is 1. The van der Waals surface area contributed by atoms with Crippen molar-refractivity contribution < 1.29 is 14.7 Å². The Labute approximate surface area is 126 Å². The number of rotatable bonds is 5. The predicted molar refractivity (Wildman–Crippen MR) is 80.5 cm³/mol. The van der Waals surface area contributed by atoms with Gasteiger partial charge in [-0.2, -0.15) is 0 Å². The van der Waals surface area contributed by atoms with Crippen LogP contribution in [0.15, 0.2) is 35.8 Å². The quantitative estimate of drug-likeness (QED) is 0.887. The van der Waals surface area contributed by atoms with E-state index in [0.29, 0.717) is 5.69 Å². The predicted octanol–water partition coefficient (Wildman–Crippen LogP) is 2.25. The number of hydrogen-bond acceptors (Lipinski definition) is 4. The molecular formula is C14H15N3O3S. The Morgan fingerprint density at radius 1 is 1.33 bits per heavy atom. The zero-order valence-electron chi connectivity index (χ0n) is 11.4. The third-order valence-corrected chi connectivity index (χ3v) is 3.54. The summed E-state index contributed by atoms with van der Waals surface area (Å²) in [7, 11) is 0. The number of nitrogens with zero attached hydrogens (tertiary/aromatic N) is 2. The summed E-state index contributed by atoms with van der Waals surface area (Å²) in [6, 6.07) is 6.65. The molecule has 0 unspecified atom stereocenters. The van der Waals surface area contributed by atoms with Crippen LogP contribution in [0.1, 0.15) is 10.6 Å². The minimum atomic E-state index is -1.07. The van der Waals surface area contributed by atoms with Gasteiger partial charge in [0.05, 0.1) is 6.54 Å². The summed E-state index contributed by atoms with van der Waals surface area (Å²) in [5, 5.41) is 14.2. The van der Waals surface area contributed by atoms with Crippen molar-refractivity contribution in [1.82, 2.24) is 10.3 Å². The molecule has 2 N–H and O–H groups in total. The van der Waals surface area contributed by atoms with E-state index < -0.39 is 18.5 Å². The molecule has 2 rings (SSSR count). The van der Waals surface area contributed by atoms with Gasteiger partial charge in [0.1, 0.15) is 11.6 Å². The minimum Gasteiger partial charge on any atom is -0.480 e. The molecule has 0 saturated carbocycles. The van der Waals surface area contributed by atoms with Gasteiger partial charge in [0.25, 0.3) is 0 Å². The zero-order valence-corrected chi connectivity index (χ0v) is 12.3. The topological polar surface area (TPSA) is 82.5 Å². The first kappa shape index (κ1) is 15.0. The maximum Gasteiger partial charge on any atom is 0.323 e. The largest absolute Gasteiger partial charge is 0.480 e. The van der Waals surface area contributed by atoms with Gasteiger partial charge in [-0.1, -0.05) is 17.7 Å². The fraction of sp³-hybridized carbons (Fsp3) is 0.214. The number of carbonyl (C=O) groups is 2. The van der Waals surface area contributed by atoms with Crippen molar-refractivity contribution in [3.05, 3.63) is 46.4 Å². The highest BCUT2D eigenvalue weighted by Gasteiger charge is 2.18. The lowest BCUT2D eigenvalue weighted by atomic mass is 10.2. The van der Waals surface area contributed by atoms with E-state index in [9.17, 15) is 9.59 Å². The number of carbonyl (C=O) groups excluding carboxylic acids is 1. The van der Waals surface area contributed by atoms with Crippen LogP contribution in [-0.4, -0.2) is 28.6 Å². The molecule has 21 heavy (non-hydrogen) atoms. The van der Waals surface area contributed by atoms with E-state index in [2.05, 4.69) is 10.3 Å². The number of aliphatic carboxylic acids is 1. The molecule has 0 spiro atoms. The third kappa shape index (κ3) is 4.28. The number of urea groups is 1. The summed E-state index contributed by atoms with van der Waals surface area (Å²) in [6.45, 7) is 1.80. The van der Waals surface area contributed by atoms with Crippen molar-refractivity contribution in [2.24, 2.45) is 0 Å². The Hall–Kier alpha value is -2.41. The van der Waals surface area contributed by atoms with Gasteiger partial charge in [-0.3, -0.25) is 9.69 Å². The van der Waals surface area contributed by atoms with E-state index in [0.717, 1.165) is 10.6 Å². The molecule has 0 aliphatic carbocycles. The molecule has 0 saturated heterocycles. The molecule has 2 aromatic rings. The van der Waals surface area contributed by atoms with Crippen molar-refractivity contribution >= 4 is 29.0 Å². The molecule has 0 radical (unpaired) electrons. The second-order valence-electron chi connectivity index (χ2n) is 4.40. The van der Waals surface area contributed by atoms with Crippen LogP contribution < -0.4 is 10.2 Å². The number of nitrogens with one attached hydrogen (secondary N) is 1. The number of carboxylic acid groups (broad SMARTS) is 1. The first-order valence-electron chi connectivity index (χ1n) is 6.28. The molecule has 0 fully saturated rings.